The Morgan fingerprint density at radius 3 is 2.54 bits per heavy atom. The number of amides is 1. The number of thiophene rings is 1. The van der Waals surface area contributed by atoms with E-state index in [9.17, 15) is 14.0 Å². The van der Waals surface area contributed by atoms with Crippen molar-refractivity contribution >= 4 is 23.2 Å². The van der Waals surface area contributed by atoms with Gasteiger partial charge in [0.05, 0.1) is 11.5 Å². The van der Waals surface area contributed by atoms with E-state index in [2.05, 4.69) is 5.32 Å². The summed E-state index contributed by atoms with van der Waals surface area (Å²) in [5, 5.41) is 4.78. The van der Waals surface area contributed by atoms with Crippen LogP contribution in [0.5, 0.6) is 0 Å². The normalized spacial score (nSPS) is 16.8. The van der Waals surface area contributed by atoms with Gasteiger partial charge in [-0.15, -0.1) is 11.3 Å². The van der Waals surface area contributed by atoms with Crippen LogP contribution in [0.4, 0.5) is 4.39 Å². The molecule has 3 rings (SSSR count). The molecule has 2 aromatic rings. The van der Waals surface area contributed by atoms with Crippen molar-refractivity contribution in [2.24, 2.45) is 0 Å². The quantitative estimate of drug-likeness (QED) is 0.773. The second kappa shape index (κ2) is 7.99. The highest BCUT2D eigenvalue weighted by Crippen LogP contribution is 2.42. The Bertz CT molecular complexity index is 752. The first-order valence-electron chi connectivity index (χ1n) is 8.77. The lowest BCUT2D eigenvalue weighted by molar-refractivity contribution is -0.154. The molecule has 1 amide bonds. The van der Waals surface area contributed by atoms with Crippen LogP contribution in [0.1, 0.15) is 49.1 Å². The van der Waals surface area contributed by atoms with Gasteiger partial charge in [0.15, 0.2) is 6.61 Å². The number of halogens is 1. The third-order valence-corrected chi connectivity index (χ3v) is 5.98. The topological polar surface area (TPSA) is 55.4 Å². The van der Waals surface area contributed by atoms with E-state index in [0.29, 0.717) is 12.8 Å². The Labute approximate surface area is 156 Å². The van der Waals surface area contributed by atoms with E-state index in [1.807, 2.05) is 24.4 Å². The van der Waals surface area contributed by atoms with Crippen molar-refractivity contribution < 1.29 is 18.7 Å². The van der Waals surface area contributed by atoms with E-state index < -0.39 is 11.4 Å². The van der Waals surface area contributed by atoms with Crippen molar-refractivity contribution in [3.63, 3.8) is 0 Å². The molecule has 1 atom stereocenters. The molecule has 1 aliphatic rings. The smallest absolute Gasteiger partial charge is 0.317 e. The summed E-state index contributed by atoms with van der Waals surface area (Å²) in [5.41, 5.74) is -0.0124. The summed E-state index contributed by atoms with van der Waals surface area (Å²) in [6.07, 6.45) is 3.14. The highest BCUT2D eigenvalue weighted by atomic mass is 32.1. The molecule has 1 aromatic carbocycles. The number of benzene rings is 1. The molecule has 4 nitrogen and oxygen atoms in total. The third kappa shape index (κ3) is 3.96. The Balaban J connectivity index is 1.62. The van der Waals surface area contributed by atoms with E-state index in [-0.39, 0.29) is 24.4 Å². The Hall–Kier alpha value is -2.21. The summed E-state index contributed by atoms with van der Waals surface area (Å²) < 4.78 is 18.6. The molecule has 0 unspecified atom stereocenters. The fourth-order valence-corrected chi connectivity index (χ4v) is 4.25. The summed E-state index contributed by atoms with van der Waals surface area (Å²) in [5.74, 6) is -1.07. The Morgan fingerprint density at radius 1 is 1.23 bits per heavy atom. The molecule has 138 valence electrons. The van der Waals surface area contributed by atoms with Gasteiger partial charge in [-0.05, 0) is 48.9 Å². The predicted octanol–water partition coefficient (Wildman–Crippen LogP) is 4.12. The minimum absolute atomic E-state index is 0.126. The number of esters is 1. The zero-order valence-corrected chi connectivity index (χ0v) is 15.5. The van der Waals surface area contributed by atoms with Gasteiger partial charge in [0.25, 0.3) is 5.91 Å². The minimum Gasteiger partial charge on any atom is -0.455 e. The van der Waals surface area contributed by atoms with E-state index in [4.69, 9.17) is 4.74 Å². The van der Waals surface area contributed by atoms with Crippen molar-refractivity contribution in [3.05, 3.63) is 58.0 Å². The van der Waals surface area contributed by atoms with Gasteiger partial charge >= 0.3 is 5.97 Å². The van der Waals surface area contributed by atoms with Crippen LogP contribution in [0.15, 0.2) is 41.8 Å². The molecule has 26 heavy (non-hydrogen) atoms. The largest absolute Gasteiger partial charge is 0.455 e. The molecule has 0 spiro atoms. The van der Waals surface area contributed by atoms with Crippen molar-refractivity contribution in [1.82, 2.24) is 5.32 Å². The maximum atomic E-state index is 13.2. The van der Waals surface area contributed by atoms with Crippen LogP contribution in [0.3, 0.4) is 0 Å². The number of carbonyl (C=O) groups is 2. The van der Waals surface area contributed by atoms with Crippen LogP contribution in [0, 0.1) is 5.82 Å². The molecule has 1 heterocycles. The number of hydrogen-bond acceptors (Lipinski definition) is 4. The SMILES string of the molecule is C[C@@H](NC(=O)COC(=O)C1(c2ccc(F)cc2)CCCC1)c1cccs1. The second-order valence-electron chi connectivity index (χ2n) is 6.68. The summed E-state index contributed by atoms with van der Waals surface area (Å²) in [6, 6.07) is 9.75. The summed E-state index contributed by atoms with van der Waals surface area (Å²) >= 11 is 1.56. The molecule has 0 aliphatic heterocycles. The molecule has 1 fully saturated rings. The Kier molecular flexibility index (Phi) is 5.71. The first-order valence-corrected chi connectivity index (χ1v) is 9.65. The second-order valence-corrected chi connectivity index (χ2v) is 7.66. The highest BCUT2D eigenvalue weighted by molar-refractivity contribution is 7.10. The number of rotatable bonds is 6. The van der Waals surface area contributed by atoms with Crippen molar-refractivity contribution in [2.75, 3.05) is 6.61 Å². The lowest BCUT2D eigenvalue weighted by atomic mass is 9.79. The van der Waals surface area contributed by atoms with Gasteiger partial charge < -0.3 is 10.1 Å². The first kappa shape index (κ1) is 18.6. The molecule has 0 radical (unpaired) electrons. The maximum absolute atomic E-state index is 13.2. The van der Waals surface area contributed by atoms with Crippen molar-refractivity contribution in [1.29, 1.82) is 0 Å². The van der Waals surface area contributed by atoms with Gasteiger partial charge in [-0.25, -0.2) is 4.39 Å². The number of hydrogen-bond donors (Lipinski definition) is 1. The highest BCUT2D eigenvalue weighted by Gasteiger charge is 2.44. The maximum Gasteiger partial charge on any atom is 0.317 e. The van der Waals surface area contributed by atoms with Gasteiger partial charge in [0, 0.05) is 4.88 Å². The fraction of sp³-hybridized carbons (Fsp3) is 0.400. The van der Waals surface area contributed by atoms with Gasteiger partial charge in [-0.3, -0.25) is 9.59 Å². The molecule has 1 aliphatic carbocycles. The molecule has 1 N–H and O–H groups in total. The van der Waals surface area contributed by atoms with Crippen LogP contribution >= 0.6 is 11.3 Å². The summed E-state index contributed by atoms with van der Waals surface area (Å²) in [6.45, 7) is 1.58. The predicted molar refractivity (Wildman–Crippen MR) is 98.4 cm³/mol. The molecule has 6 heteroatoms. The van der Waals surface area contributed by atoms with Gasteiger partial charge in [-0.2, -0.15) is 0 Å². The zero-order valence-electron chi connectivity index (χ0n) is 14.7. The Morgan fingerprint density at radius 2 is 1.92 bits per heavy atom. The van der Waals surface area contributed by atoms with E-state index in [1.165, 1.54) is 12.1 Å². The van der Waals surface area contributed by atoms with Gasteiger partial charge in [-0.1, -0.05) is 31.0 Å². The van der Waals surface area contributed by atoms with Gasteiger partial charge in [0.2, 0.25) is 0 Å². The fourth-order valence-electron chi connectivity index (χ4n) is 3.52. The standard InChI is InChI=1S/C20H22FNO3S/c1-14(17-5-4-12-26-17)22-18(23)13-25-19(24)20(10-2-3-11-20)15-6-8-16(21)9-7-15/h4-9,12,14H,2-3,10-11,13H2,1H3,(H,22,23)/t14-/m1/s1. The number of nitrogens with one attached hydrogen (secondary N) is 1. The van der Waals surface area contributed by atoms with Crippen LogP contribution in [0.2, 0.25) is 0 Å². The van der Waals surface area contributed by atoms with Gasteiger partial charge in [0.1, 0.15) is 5.82 Å². The lowest BCUT2D eigenvalue weighted by Gasteiger charge is -2.27. The average Bonchev–Trinajstić information content (AvgIpc) is 3.32. The van der Waals surface area contributed by atoms with Crippen LogP contribution in [-0.2, 0) is 19.7 Å². The molecule has 0 bridgehead atoms. The van der Waals surface area contributed by atoms with Crippen molar-refractivity contribution in [3.8, 4) is 0 Å². The number of ether oxygens (including phenoxy) is 1. The minimum atomic E-state index is -0.770. The molecule has 0 saturated heterocycles. The monoisotopic (exact) mass is 375 g/mol. The molecular formula is C20H22FNO3S. The lowest BCUT2D eigenvalue weighted by Crippen LogP contribution is -2.38. The molecular weight excluding hydrogens is 353 g/mol. The first-order chi connectivity index (χ1) is 12.5. The van der Waals surface area contributed by atoms with E-state index >= 15 is 0 Å². The summed E-state index contributed by atoms with van der Waals surface area (Å²) in [4.78, 5) is 25.9. The van der Waals surface area contributed by atoms with E-state index in [1.54, 1.807) is 23.5 Å². The average molecular weight is 375 g/mol. The van der Waals surface area contributed by atoms with E-state index in [0.717, 1.165) is 23.3 Å². The summed E-state index contributed by atoms with van der Waals surface area (Å²) in [7, 11) is 0. The number of carbonyl (C=O) groups excluding carboxylic acids is 2. The van der Waals surface area contributed by atoms with Crippen LogP contribution in [0.25, 0.3) is 0 Å². The van der Waals surface area contributed by atoms with Crippen LogP contribution < -0.4 is 5.32 Å². The third-order valence-electron chi connectivity index (χ3n) is 4.93. The van der Waals surface area contributed by atoms with Crippen LogP contribution in [-0.4, -0.2) is 18.5 Å². The zero-order chi connectivity index (χ0) is 18.6. The molecule has 1 aromatic heterocycles. The molecule has 1 saturated carbocycles. The van der Waals surface area contributed by atoms with Crippen molar-refractivity contribution in [2.45, 2.75) is 44.1 Å².